The van der Waals surface area contributed by atoms with Gasteiger partial charge in [-0.05, 0) is 6.92 Å². The number of halogens is 2. The van der Waals surface area contributed by atoms with Gasteiger partial charge in [-0.3, -0.25) is 19.8 Å². The standard InChI is InChI=1S/C14H21N5O3S.2ClH/c1-10-6-12(17-22-10)16-13(20)7-18-2-4-19(5-3-18)14(21)11-8-23-9-15-11;;/h6,11,15H,2-5,7-9H2,1H3,(H,16,17,20);2*1H. The van der Waals surface area contributed by atoms with Gasteiger partial charge in [-0.2, -0.15) is 0 Å². The lowest BCUT2D eigenvalue weighted by Crippen LogP contribution is -2.54. The SMILES string of the molecule is Cc1cc(NC(=O)CN2CCN(C(=O)C3CSCN3)CC2)no1.Cl.Cl. The average Bonchev–Trinajstić information content (AvgIpc) is 3.19. The number of piperazine rings is 1. The zero-order valence-corrected chi connectivity index (χ0v) is 16.3. The Balaban J connectivity index is 0.00000156. The fourth-order valence-corrected chi connectivity index (χ4v) is 3.64. The fraction of sp³-hybridized carbons (Fsp3) is 0.643. The van der Waals surface area contributed by atoms with Crippen molar-refractivity contribution < 1.29 is 14.1 Å². The molecule has 142 valence electrons. The van der Waals surface area contributed by atoms with Crippen molar-refractivity contribution in [2.24, 2.45) is 0 Å². The van der Waals surface area contributed by atoms with E-state index in [9.17, 15) is 9.59 Å². The molecule has 2 aliphatic heterocycles. The maximum Gasteiger partial charge on any atom is 0.240 e. The third kappa shape index (κ3) is 6.03. The van der Waals surface area contributed by atoms with Crippen LogP contribution in [-0.2, 0) is 9.59 Å². The highest BCUT2D eigenvalue weighted by molar-refractivity contribution is 7.99. The number of hydrogen-bond acceptors (Lipinski definition) is 7. The number of carbonyl (C=O) groups is 2. The molecule has 2 aliphatic rings. The summed E-state index contributed by atoms with van der Waals surface area (Å²) in [6.07, 6.45) is 0. The van der Waals surface area contributed by atoms with Gasteiger partial charge in [0.05, 0.1) is 12.6 Å². The van der Waals surface area contributed by atoms with Crippen molar-refractivity contribution in [2.45, 2.75) is 13.0 Å². The van der Waals surface area contributed by atoms with Gasteiger partial charge >= 0.3 is 0 Å². The lowest BCUT2D eigenvalue weighted by atomic mass is 10.2. The van der Waals surface area contributed by atoms with Crippen LogP contribution in [0.4, 0.5) is 5.82 Å². The molecule has 1 atom stereocenters. The molecule has 1 aromatic heterocycles. The molecule has 0 spiro atoms. The van der Waals surface area contributed by atoms with Gasteiger partial charge in [0, 0.05) is 43.9 Å². The number of thioether (sulfide) groups is 1. The van der Waals surface area contributed by atoms with Gasteiger partial charge in [-0.15, -0.1) is 36.6 Å². The van der Waals surface area contributed by atoms with Gasteiger partial charge in [-0.1, -0.05) is 5.16 Å². The molecule has 0 aromatic carbocycles. The quantitative estimate of drug-likeness (QED) is 0.748. The summed E-state index contributed by atoms with van der Waals surface area (Å²) in [5.74, 6) is 2.85. The second-order valence-corrected chi connectivity index (χ2v) is 6.77. The van der Waals surface area contributed by atoms with E-state index in [1.54, 1.807) is 24.8 Å². The van der Waals surface area contributed by atoms with Gasteiger partial charge in [0.25, 0.3) is 0 Å². The van der Waals surface area contributed by atoms with Crippen molar-refractivity contribution in [1.82, 2.24) is 20.3 Å². The van der Waals surface area contributed by atoms with Crippen LogP contribution < -0.4 is 10.6 Å². The highest BCUT2D eigenvalue weighted by Gasteiger charge is 2.29. The Hall–Kier alpha value is -1.00. The van der Waals surface area contributed by atoms with Crippen molar-refractivity contribution in [1.29, 1.82) is 0 Å². The maximum absolute atomic E-state index is 12.3. The molecule has 2 fully saturated rings. The number of amides is 2. The van der Waals surface area contributed by atoms with E-state index in [4.69, 9.17) is 4.52 Å². The van der Waals surface area contributed by atoms with Gasteiger partial charge in [0.15, 0.2) is 5.82 Å². The Labute approximate surface area is 163 Å². The van der Waals surface area contributed by atoms with Gasteiger partial charge in [-0.25, -0.2) is 0 Å². The van der Waals surface area contributed by atoms with Crippen molar-refractivity contribution in [3.63, 3.8) is 0 Å². The van der Waals surface area contributed by atoms with Crippen LogP contribution in [0.1, 0.15) is 5.76 Å². The number of aryl methyl sites for hydroxylation is 1. The maximum atomic E-state index is 12.3. The lowest BCUT2D eigenvalue weighted by molar-refractivity contribution is -0.134. The minimum absolute atomic E-state index is 0. The van der Waals surface area contributed by atoms with Crippen LogP contribution in [0.2, 0.25) is 0 Å². The van der Waals surface area contributed by atoms with Crippen LogP contribution >= 0.6 is 36.6 Å². The minimum atomic E-state index is -0.119. The molecule has 1 aromatic rings. The third-order valence-corrected chi connectivity index (χ3v) is 4.90. The predicted octanol–water partition coefficient (Wildman–Crippen LogP) is 0.572. The Morgan fingerprint density at radius 1 is 1.36 bits per heavy atom. The number of aromatic nitrogens is 1. The number of anilines is 1. The van der Waals surface area contributed by atoms with Gasteiger partial charge in [0.1, 0.15) is 5.76 Å². The molecule has 1 unspecified atom stereocenters. The molecule has 3 rings (SSSR count). The average molecular weight is 412 g/mol. The minimum Gasteiger partial charge on any atom is -0.360 e. The fourth-order valence-electron chi connectivity index (χ4n) is 2.71. The summed E-state index contributed by atoms with van der Waals surface area (Å²) in [7, 11) is 0. The van der Waals surface area contributed by atoms with E-state index in [2.05, 4.69) is 15.8 Å². The summed E-state index contributed by atoms with van der Waals surface area (Å²) in [4.78, 5) is 28.2. The molecular weight excluding hydrogens is 389 g/mol. The normalized spacial score (nSPS) is 20.5. The molecule has 2 saturated heterocycles. The Morgan fingerprint density at radius 2 is 2.08 bits per heavy atom. The van der Waals surface area contributed by atoms with E-state index in [1.807, 2.05) is 9.80 Å². The first-order valence-electron chi connectivity index (χ1n) is 7.67. The molecule has 11 heteroatoms. The van der Waals surface area contributed by atoms with Crippen LogP contribution in [0.25, 0.3) is 0 Å². The first-order valence-corrected chi connectivity index (χ1v) is 8.83. The van der Waals surface area contributed by atoms with E-state index in [0.717, 1.165) is 11.6 Å². The zero-order chi connectivity index (χ0) is 16.2. The molecule has 0 bridgehead atoms. The second-order valence-electron chi connectivity index (χ2n) is 5.74. The van der Waals surface area contributed by atoms with Gasteiger partial charge in [0.2, 0.25) is 11.8 Å². The molecule has 0 saturated carbocycles. The van der Waals surface area contributed by atoms with E-state index < -0.39 is 0 Å². The number of carbonyl (C=O) groups excluding carboxylic acids is 2. The van der Waals surface area contributed by atoms with Crippen molar-refractivity contribution in [2.75, 3.05) is 49.7 Å². The Bertz CT molecular complexity index is 575. The Morgan fingerprint density at radius 3 is 2.64 bits per heavy atom. The number of rotatable bonds is 4. The monoisotopic (exact) mass is 411 g/mol. The molecule has 8 nitrogen and oxygen atoms in total. The topological polar surface area (TPSA) is 90.7 Å². The van der Waals surface area contributed by atoms with Crippen LogP contribution in [-0.4, -0.2) is 77.2 Å². The van der Waals surface area contributed by atoms with E-state index in [0.29, 0.717) is 44.3 Å². The predicted molar refractivity (Wildman–Crippen MR) is 102 cm³/mol. The molecule has 0 aliphatic carbocycles. The molecule has 0 radical (unpaired) electrons. The first-order chi connectivity index (χ1) is 11.1. The largest absolute Gasteiger partial charge is 0.360 e. The molecule has 2 amide bonds. The smallest absolute Gasteiger partial charge is 0.240 e. The van der Waals surface area contributed by atoms with E-state index in [-0.39, 0.29) is 42.7 Å². The summed E-state index contributed by atoms with van der Waals surface area (Å²) in [6, 6.07) is 1.63. The Kier molecular flexibility index (Phi) is 9.01. The summed E-state index contributed by atoms with van der Waals surface area (Å²) in [5.41, 5.74) is 0. The summed E-state index contributed by atoms with van der Waals surface area (Å²) >= 11 is 1.75. The molecule has 3 heterocycles. The summed E-state index contributed by atoms with van der Waals surface area (Å²) in [6.45, 7) is 4.81. The van der Waals surface area contributed by atoms with E-state index in [1.165, 1.54) is 0 Å². The lowest BCUT2D eigenvalue weighted by Gasteiger charge is -2.35. The molecule has 25 heavy (non-hydrogen) atoms. The second kappa shape index (κ2) is 10.2. The summed E-state index contributed by atoms with van der Waals surface area (Å²) < 4.78 is 4.91. The van der Waals surface area contributed by atoms with Crippen molar-refractivity contribution >= 4 is 54.2 Å². The first kappa shape index (κ1) is 22.0. The molecular formula is C14H23Cl2N5O3S. The molecule has 2 N–H and O–H groups in total. The van der Waals surface area contributed by atoms with Crippen molar-refractivity contribution in [3.05, 3.63) is 11.8 Å². The van der Waals surface area contributed by atoms with Gasteiger partial charge < -0.3 is 14.7 Å². The highest BCUT2D eigenvalue weighted by atomic mass is 35.5. The van der Waals surface area contributed by atoms with E-state index >= 15 is 0 Å². The summed E-state index contributed by atoms with van der Waals surface area (Å²) in [5, 5.41) is 9.66. The number of nitrogens with zero attached hydrogens (tertiary/aromatic N) is 3. The third-order valence-electron chi connectivity index (χ3n) is 3.96. The van der Waals surface area contributed by atoms with Crippen LogP contribution in [0, 0.1) is 6.92 Å². The van der Waals surface area contributed by atoms with Crippen LogP contribution in [0.3, 0.4) is 0 Å². The van der Waals surface area contributed by atoms with Crippen molar-refractivity contribution in [3.8, 4) is 0 Å². The number of hydrogen-bond donors (Lipinski definition) is 2. The number of nitrogens with one attached hydrogen (secondary N) is 2. The highest BCUT2D eigenvalue weighted by Crippen LogP contribution is 2.13. The van der Waals surface area contributed by atoms with Crippen LogP contribution in [0.5, 0.6) is 0 Å². The zero-order valence-electron chi connectivity index (χ0n) is 13.9. The van der Waals surface area contributed by atoms with Crippen LogP contribution in [0.15, 0.2) is 10.6 Å².